The third-order valence-corrected chi connectivity index (χ3v) is 2.95. The fraction of sp³-hybridized carbons (Fsp3) is 0.429. The Hall–Kier alpha value is -2.04. The first-order valence-corrected chi connectivity index (χ1v) is 6.36. The van der Waals surface area contributed by atoms with E-state index in [1.165, 1.54) is 4.90 Å². The van der Waals surface area contributed by atoms with E-state index in [9.17, 15) is 9.59 Å². The molecular weight excluding hydrogens is 242 g/mol. The Labute approximate surface area is 113 Å². The lowest BCUT2D eigenvalue weighted by molar-refractivity contribution is -0.121. The number of anilines is 1. The second kappa shape index (κ2) is 6.78. The van der Waals surface area contributed by atoms with Crippen molar-refractivity contribution in [2.45, 2.75) is 20.3 Å². The van der Waals surface area contributed by atoms with Crippen LogP contribution in [0, 0.1) is 6.92 Å². The van der Waals surface area contributed by atoms with E-state index >= 15 is 0 Å². The second-order valence-corrected chi connectivity index (χ2v) is 4.44. The van der Waals surface area contributed by atoms with Gasteiger partial charge in [0.25, 0.3) is 5.91 Å². The number of carbonyl (C=O) groups excluding carboxylic acids is 2. The first kappa shape index (κ1) is 15.0. The van der Waals surface area contributed by atoms with Gasteiger partial charge in [0.2, 0.25) is 5.91 Å². The maximum atomic E-state index is 12.4. The van der Waals surface area contributed by atoms with Crippen LogP contribution in [-0.4, -0.2) is 36.9 Å². The van der Waals surface area contributed by atoms with E-state index in [4.69, 9.17) is 5.73 Å². The smallest absolute Gasteiger partial charge is 0.256 e. The molecule has 1 aromatic carbocycles. The molecule has 0 atom stereocenters. The number of carbonyl (C=O) groups is 2. The van der Waals surface area contributed by atoms with Crippen LogP contribution in [0.5, 0.6) is 0 Å². The summed E-state index contributed by atoms with van der Waals surface area (Å²) in [5.74, 6) is -0.389. The predicted octanol–water partition coefficient (Wildman–Crippen LogP) is 1.18. The number of rotatable bonds is 5. The molecule has 0 spiro atoms. The molecule has 0 bridgehead atoms. The van der Waals surface area contributed by atoms with Crippen LogP contribution in [0.1, 0.15) is 29.3 Å². The summed E-state index contributed by atoms with van der Waals surface area (Å²) < 4.78 is 0. The normalized spacial score (nSPS) is 10.1. The number of aryl methyl sites for hydroxylation is 1. The molecule has 0 aliphatic carbocycles. The lowest BCUT2D eigenvalue weighted by Gasteiger charge is -2.22. The van der Waals surface area contributed by atoms with Gasteiger partial charge in [-0.05, 0) is 25.0 Å². The van der Waals surface area contributed by atoms with Crippen molar-refractivity contribution in [3.05, 3.63) is 29.3 Å². The van der Waals surface area contributed by atoms with Gasteiger partial charge in [0, 0.05) is 19.3 Å². The summed E-state index contributed by atoms with van der Waals surface area (Å²) in [5, 5.41) is 2.52. The zero-order valence-electron chi connectivity index (χ0n) is 11.7. The first-order valence-electron chi connectivity index (χ1n) is 6.36. The number of hydrogen-bond acceptors (Lipinski definition) is 3. The van der Waals surface area contributed by atoms with Gasteiger partial charge in [-0.25, -0.2) is 0 Å². The molecule has 0 heterocycles. The van der Waals surface area contributed by atoms with Crippen LogP contribution < -0.4 is 11.1 Å². The van der Waals surface area contributed by atoms with Crippen molar-refractivity contribution in [3.63, 3.8) is 0 Å². The summed E-state index contributed by atoms with van der Waals surface area (Å²) in [6, 6.07) is 5.34. The van der Waals surface area contributed by atoms with E-state index in [1.807, 2.05) is 19.9 Å². The molecule has 2 amide bonds. The van der Waals surface area contributed by atoms with Crippen LogP contribution >= 0.6 is 0 Å². The largest absolute Gasteiger partial charge is 0.398 e. The summed E-state index contributed by atoms with van der Waals surface area (Å²) in [6.07, 6.45) is 0.786. The molecule has 0 fully saturated rings. The maximum absolute atomic E-state index is 12.4. The van der Waals surface area contributed by atoms with Gasteiger partial charge >= 0.3 is 0 Å². The number of amides is 2. The van der Waals surface area contributed by atoms with Gasteiger partial charge in [0.15, 0.2) is 0 Å². The zero-order chi connectivity index (χ0) is 14.4. The lowest BCUT2D eigenvalue weighted by Crippen LogP contribution is -2.40. The number of para-hydroxylation sites is 1. The highest BCUT2D eigenvalue weighted by Gasteiger charge is 2.20. The number of hydrogen-bond donors (Lipinski definition) is 2. The minimum atomic E-state index is -0.202. The van der Waals surface area contributed by atoms with Crippen LogP contribution in [0.2, 0.25) is 0 Å². The highest BCUT2D eigenvalue weighted by molar-refractivity contribution is 6.01. The van der Waals surface area contributed by atoms with Crippen molar-refractivity contribution in [3.8, 4) is 0 Å². The third-order valence-electron chi connectivity index (χ3n) is 2.95. The van der Waals surface area contributed by atoms with Crippen molar-refractivity contribution < 1.29 is 9.59 Å². The molecule has 3 N–H and O–H groups in total. The maximum Gasteiger partial charge on any atom is 0.256 e. The molecule has 5 nitrogen and oxygen atoms in total. The van der Waals surface area contributed by atoms with E-state index in [1.54, 1.807) is 19.2 Å². The van der Waals surface area contributed by atoms with Crippen molar-refractivity contribution >= 4 is 17.5 Å². The van der Waals surface area contributed by atoms with Crippen molar-refractivity contribution in [1.82, 2.24) is 10.2 Å². The number of likely N-dealkylation sites (N-methyl/N-ethyl adjacent to an activating group) is 1. The fourth-order valence-corrected chi connectivity index (χ4v) is 1.81. The topological polar surface area (TPSA) is 75.4 Å². The summed E-state index contributed by atoms with van der Waals surface area (Å²) in [6.45, 7) is 4.40. The summed E-state index contributed by atoms with van der Waals surface area (Å²) >= 11 is 0. The van der Waals surface area contributed by atoms with E-state index in [-0.39, 0.29) is 18.4 Å². The van der Waals surface area contributed by atoms with Crippen molar-refractivity contribution in [2.24, 2.45) is 0 Å². The molecule has 0 saturated heterocycles. The van der Waals surface area contributed by atoms with Gasteiger partial charge < -0.3 is 16.0 Å². The Morgan fingerprint density at radius 2 is 2.05 bits per heavy atom. The average molecular weight is 263 g/mol. The Morgan fingerprint density at radius 3 is 2.63 bits per heavy atom. The third kappa shape index (κ3) is 3.71. The van der Waals surface area contributed by atoms with Gasteiger partial charge in [0.05, 0.1) is 12.1 Å². The van der Waals surface area contributed by atoms with Crippen molar-refractivity contribution in [2.75, 3.05) is 25.9 Å². The number of nitrogens with two attached hydrogens (primary N) is 1. The molecule has 0 saturated carbocycles. The molecule has 0 unspecified atom stereocenters. The molecular formula is C14H21N3O2. The summed E-state index contributed by atoms with van der Waals surface area (Å²) in [4.78, 5) is 25.4. The standard InChI is InChI=1S/C14H21N3O2/c1-4-8-17(9-12(18)16-3)14(19)11-7-5-6-10(2)13(11)15/h5-7H,4,8-9,15H2,1-3H3,(H,16,18). The minimum absolute atomic E-state index is 0.0521. The Balaban J connectivity index is 2.98. The number of nitrogens with zero attached hydrogens (tertiary/aromatic N) is 1. The Morgan fingerprint density at radius 1 is 1.37 bits per heavy atom. The molecule has 0 aromatic heterocycles. The molecule has 5 heteroatoms. The molecule has 104 valence electrons. The van der Waals surface area contributed by atoms with Crippen LogP contribution in [-0.2, 0) is 4.79 Å². The van der Waals surface area contributed by atoms with Gasteiger partial charge in [-0.1, -0.05) is 19.1 Å². The quantitative estimate of drug-likeness (QED) is 0.783. The van der Waals surface area contributed by atoms with E-state index in [0.717, 1.165) is 12.0 Å². The van der Waals surface area contributed by atoms with Gasteiger partial charge in [-0.3, -0.25) is 9.59 Å². The predicted molar refractivity (Wildman–Crippen MR) is 75.9 cm³/mol. The summed E-state index contributed by atoms with van der Waals surface area (Å²) in [5.41, 5.74) is 7.73. The molecule has 0 radical (unpaired) electrons. The molecule has 0 aliphatic rings. The van der Waals surface area contributed by atoms with E-state index < -0.39 is 0 Å². The second-order valence-electron chi connectivity index (χ2n) is 4.44. The Bertz CT molecular complexity index is 472. The highest BCUT2D eigenvalue weighted by Crippen LogP contribution is 2.18. The Kier molecular flexibility index (Phi) is 5.36. The first-order chi connectivity index (χ1) is 9.01. The van der Waals surface area contributed by atoms with Gasteiger partial charge in [0.1, 0.15) is 0 Å². The van der Waals surface area contributed by atoms with E-state index in [2.05, 4.69) is 5.32 Å². The van der Waals surface area contributed by atoms with Crippen molar-refractivity contribution in [1.29, 1.82) is 0 Å². The van der Waals surface area contributed by atoms with Gasteiger partial charge in [-0.15, -0.1) is 0 Å². The molecule has 19 heavy (non-hydrogen) atoms. The van der Waals surface area contributed by atoms with Crippen LogP contribution in [0.25, 0.3) is 0 Å². The summed E-state index contributed by atoms with van der Waals surface area (Å²) in [7, 11) is 1.55. The monoisotopic (exact) mass is 263 g/mol. The molecule has 1 aromatic rings. The van der Waals surface area contributed by atoms with Crippen LogP contribution in [0.15, 0.2) is 18.2 Å². The number of benzene rings is 1. The van der Waals surface area contributed by atoms with E-state index in [0.29, 0.717) is 17.8 Å². The molecule has 1 rings (SSSR count). The van der Waals surface area contributed by atoms with Gasteiger partial charge in [-0.2, -0.15) is 0 Å². The average Bonchev–Trinajstić information content (AvgIpc) is 2.40. The SMILES string of the molecule is CCCN(CC(=O)NC)C(=O)c1cccc(C)c1N. The number of nitrogen functional groups attached to an aromatic ring is 1. The number of nitrogens with one attached hydrogen (secondary N) is 1. The van der Waals surface area contributed by atoms with Crippen LogP contribution in [0.3, 0.4) is 0 Å². The zero-order valence-corrected chi connectivity index (χ0v) is 11.7. The lowest BCUT2D eigenvalue weighted by atomic mass is 10.1. The van der Waals surface area contributed by atoms with Crippen LogP contribution in [0.4, 0.5) is 5.69 Å². The highest BCUT2D eigenvalue weighted by atomic mass is 16.2. The minimum Gasteiger partial charge on any atom is -0.398 e. The fourth-order valence-electron chi connectivity index (χ4n) is 1.81. The molecule has 0 aliphatic heterocycles.